The molecule has 0 spiro atoms. The van der Waals surface area contributed by atoms with Gasteiger partial charge in [-0.2, -0.15) is 4.31 Å². The molecule has 0 radical (unpaired) electrons. The van der Waals surface area contributed by atoms with Crippen LogP contribution < -0.4 is 5.32 Å². The van der Waals surface area contributed by atoms with Gasteiger partial charge in [0.05, 0.1) is 12.8 Å². The standard InChI is InChI=1S/C13H26N2O3S/c1-11(2)15(19(3,17)18)10-13(16)14-12-8-6-4-5-7-9-12/h11-12H,4-10H2,1-3H3,(H,14,16). The Morgan fingerprint density at radius 1 is 1.21 bits per heavy atom. The Hall–Kier alpha value is -0.620. The number of sulfonamides is 1. The van der Waals surface area contributed by atoms with Crippen LogP contribution in [0.2, 0.25) is 0 Å². The zero-order valence-electron chi connectivity index (χ0n) is 12.2. The molecule has 19 heavy (non-hydrogen) atoms. The molecule has 5 nitrogen and oxygen atoms in total. The Balaban J connectivity index is 2.53. The summed E-state index contributed by atoms with van der Waals surface area (Å²) < 4.78 is 24.4. The predicted octanol–water partition coefficient (Wildman–Crippen LogP) is 1.50. The van der Waals surface area contributed by atoms with E-state index < -0.39 is 10.0 Å². The molecular weight excluding hydrogens is 264 g/mol. The Bertz CT molecular complexity index is 385. The lowest BCUT2D eigenvalue weighted by Gasteiger charge is -2.24. The molecule has 0 aromatic carbocycles. The second-order valence-electron chi connectivity index (χ2n) is 5.66. The molecule has 6 heteroatoms. The van der Waals surface area contributed by atoms with Gasteiger partial charge in [0, 0.05) is 12.1 Å². The molecule has 0 aromatic rings. The average molecular weight is 290 g/mol. The van der Waals surface area contributed by atoms with Gasteiger partial charge in [0.15, 0.2) is 0 Å². The summed E-state index contributed by atoms with van der Waals surface area (Å²) >= 11 is 0. The van der Waals surface area contributed by atoms with Crippen LogP contribution in [-0.4, -0.2) is 43.5 Å². The lowest BCUT2D eigenvalue weighted by molar-refractivity contribution is -0.122. The molecule has 1 rings (SSSR count). The monoisotopic (exact) mass is 290 g/mol. The van der Waals surface area contributed by atoms with Crippen LogP contribution in [0.1, 0.15) is 52.4 Å². The molecule has 0 unspecified atom stereocenters. The third kappa shape index (κ3) is 5.91. The van der Waals surface area contributed by atoms with E-state index in [1.54, 1.807) is 13.8 Å². The van der Waals surface area contributed by atoms with Crippen LogP contribution in [0, 0.1) is 0 Å². The number of rotatable bonds is 5. The van der Waals surface area contributed by atoms with E-state index in [1.165, 1.54) is 17.1 Å². The highest BCUT2D eigenvalue weighted by Gasteiger charge is 2.24. The van der Waals surface area contributed by atoms with E-state index in [9.17, 15) is 13.2 Å². The lowest BCUT2D eigenvalue weighted by atomic mass is 10.1. The third-order valence-corrected chi connectivity index (χ3v) is 4.92. The van der Waals surface area contributed by atoms with Gasteiger partial charge in [-0.05, 0) is 26.7 Å². The van der Waals surface area contributed by atoms with Crippen LogP contribution >= 0.6 is 0 Å². The van der Waals surface area contributed by atoms with Crippen LogP contribution in [0.25, 0.3) is 0 Å². The van der Waals surface area contributed by atoms with Crippen molar-refractivity contribution in [3.63, 3.8) is 0 Å². The Morgan fingerprint density at radius 2 is 1.74 bits per heavy atom. The summed E-state index contributed by atoms with van der Waals surface area (Å²) in [4.78, 5) is 12.0. The maximum atomic E-state index is 12.0. The SMILES string of the molecule is CC(C)N(CC(=O)NC1CCCCCC1)S(C)(=O)=O. The molecular formula is C13H26N2O3S. The number of amides is 1. The topological polar surface area (TPSA) is 66.5 Å². The highest BCUT2D eigenvalue weighted by atomic mass is 32.2. The Kier molecular flexibility index (Phi) is 6.26. The largest absolute Gasteiger partial charge is 0.352 e. The molecule has 1 aliphatic carbocycles. The van der Waals surface area contributed by atoms with E-state index in [0.717, 1.165) is 31.9 Å². The third-order valence-electron chi connectivity index (χ3n) is 3.52. The van der Waals surface area contributed by atoms with Crippen LogP contribution in [0.4, 0.5) is 0 Å². The van der Waals surface area contributed by atoms with Crippen molar-refractivity contribution in [3.8, 4) is 0 Å². The highest BCUT2D eigenvalue weighted by Crippen LogP contribution is 2.17. The van der Waals surface area contributed by atoms with E-state index >= 15 is 0 Å². The van der Waals surface area contributed by atoms with Gasteiger partial charge in [0.2, 0.25) is 15.9 Å². The molecule has 1 N–H and O–H groups in total. The van der Waals surface area contributed by atoms with Crippen molar-refractivity contribution in [2.75, 3.05) is 12.8 Å². The molecule has 0 atom stereocenters. The van der Waals surface area contributed by atoms with E-state index in [2.05, 4.69) is 5.32 Å². The van der Waals surface area contributed by atoms with Gasteiger partial charge in [0.1, 0.15) is 0 Å². The molecule has 0 bridgehead atoms. The summed E-state index contributed by atoms with van der Waals surface area (Å²) in [7, 11) is -3.33. The number of nitrogens with one attached hydrogen (secondary N) is 1. The molecule has 1 saturated carbocycles. The number of carbonyl (C=O) groups excluding carboxylic acids is 1. The van der Waals surface area contributed by atoms with Gasteiger partial charge >= 0.3 is 0 Å². The Labute approximate surface area is 116 Å². The first-order valence-electron chi connectivity index (χ1n) is 7.07. The van der Waals surface area contributed by atoms with Crippen molar-refractivity contribution in [3.05, 3.63) is 0 Å². The van der Waals surface area contributed by atoms with Crippen molar-refractivity contribution in [2.24, 2.45) is 0 Å². The summed E-state index contributed by atoms with van der Waals surface area (Å²) in [6, 6.07) is 0.0125. The van der Waals surface area contributed by atoms with Crippen molar-refractivity contribution in [1.82, 2.24) is 9.62 Å². The zero-order chi connectivity index (χ0) is 14.5. The Morgan fingerprint density at radius 3 is 2.16 bits per heavy atom. The minimum absolute atomic E-state index is 0.0764. The molecule has 0 heterocycles. The van der Waals surface area contributed by atoms with Gasteiger partial charge in [-0.3, -0.25) is 4.79 Å². The smallest absolute Gasteiger partial charge is 0.235 e. The molecule has 1 fully saturated rings. The van der Waals surface area contributed by atoms with Crippen LogP contribution in [0.5, 0.6) is 0 Å². The first-order valence-corrected chi connectivity index (χ1v) is 8.91. The van der Waals surface area contributed by atoms with Gasteiger partial charge in [-0.15, -0.1) is 0 Å². The molecule has 0 saturated heterocycles. The molecule has 112 valence electrons. The molecule has 1 aliphatic rings. The zero-order valence-corrected chi connectivity index (χ0v) is 13.0. The number of carbonyl (C=O) groups is 1. The first-order chi connectivity index (χ1) is 8.80. The van der Waals surface area contributed by atoms with Crippen molar-refractivity contribution < 1.29 is 13.2 Å². The number of hydrogen-bond donors (Lipinski definition) is 1. The second kappa shape index (κ2) is 7.24. The maximum absolute atomic E-state index is 12.0. The molecule has 1 amide bonds. The van der Waals surface area contributed by atoms with Gasteiger partial charge in [-0.25, -0.2) is 8.42 Å². The maximum Gasteiger partial charge on any atom is 0.235 e. The average Bonchev–Trinajstić information content (AvgIpc) is 2.52. The summed E-state index contributed by atoms with van der Waals surface area (Å²) in [5, 5.41) is 2.97. The van der Waals surface area contributed by atoms with Crippen LogP contribution in [0.3, 0.4) is 0 Å². The predicted molar refractivity (Wildman–Crippen MR) is 76.3 cm³/mol. The summed E-state index contributed by atoms with van der Waals surface area (Å²) in [5.41, 5.74) is 0. The summed E-state index contributed by atoms with van der Waals surface area (Å²) in [5.74, 6) is -0.189. The van der Waals surface area contributed by atoms with Crippen LogP contribution in [-0.2, 0) is 14.8 Å². The van der Waals surface area contributed by atoms with E-state index in [0.29, 0.717) is 0 Å². The number of nitrogens with zero attached hydrogens (tertiary/aromatic N) is 1. The number of hydrogen-bond acceptors (Lipinski definition) is 3. The normalized spacial score (nSPS) is 18.6. The fourth-order valence-corrected chi connectivity index (χ4v) is 3.64. The van der Waals surface area contributed by atoms with E-state index in [-0.39, 0.29) is 24.5 Å². The van der Waals surface area contributed by atoms with Crippen molar-refractivity contribution >= 4 is 15.9 Å². The lowest BCUT2D eigenvalue weighted by Crippen LogP contribution is -2.46. The van der Waals surface area contributed by atoms with Gasteiger partial charge in [-0.1, -0.05) is 25.7 Å². The van der Waals surface area contributed by atoms with Gasteiger partial charge in [0.25, 0.3) is 0 Å². The first kappa shape index (κ1) is 16.4. The van der Waals surface area contributed by atoms with Crippen LogP contribution in [0.15, 0.2) is 0 Å². The van der Waals surface area contributed by atoms with Crippen molar-refractivity contribution in [2.45, 2.75) is 64.5 Å². The second-order valence-corrected chi connectivity index (χ2v) is 7.59. The summed E-state index contributed by atoms with van der Waals surface area (Å²) in [6.45, 7) is 3.48. The quantitative estimate of drug-likeness (QED) is 0.780. The molecule has 0 aromatic heterocycles. The van der Waals surface area contributed by atoms with E-state index in [1.807, 2.05) is 0 Å². The fourth-order valence-electron chi connectivity index (χ4n) is 2.52. The summed E-state index contributed by atoms with van der Waals surface area (Å²) in [6.07, 6.45) is 7.90. The van der Waals surface area contributed by atoms with Crippen molar-refractivity contribution in [1.29, 1.82) is 0 Å². The molecule has 0 aliphatic heterocycles. The van der Waals surface area contributed by atoms with Gasteiger partial charge < -0.3 is 5.32 Å². The minimum atomic E-state index is -3.33. The highest BCUT2D eigenvalue weighted by molar-refractivity contribution is 7.88. The minimum Gasteiger partial charge on any atom is -0.352 e. The van der Waals surface area contributed by atoms with E-state index in [4.69, 9.17) is 0 Å². The fraction of sp³-hybridized carbons (Fsp3) is 0.923.